The molecule has 2 aliphatic carbocycles. The van der Waals surface area contributed by atoms with Crippen LogP contribution in [0.3, 0.4) is 0 Å². The number of fused-ring (bicyclic) bond motifs is 3. The lowest BCUT2D eigenvalue weighted by Crippen LogP contribution is -2.42. The molecule has 7 heteroatoms. The van der Waals surface area contributed by atoms with Gasteiger partial charge in [0.2, 0.25) is 5.91 Å². The molecule has 2 aromatic carbocycles. The maximum atomic E-state index is 12.5. The molecule has 34 heavy (non-hydrogen) atoms. The van der Waals surface area contributed by atoms with E-state index < -0.39 is 18.1 Å². The first-order valence-electron chi connectivity index (χ1n) is 12.0. The summed E-state index contributed by atoms with van der Waals surface area (Å²) in [4.78, 5) is 37.7. The normalized spacial score (nSPS) is 19.7. The Morgan fingerprint density at radius 2 is 1.68 bits per heavy atom. The van der Waals surface area contributed by atoms with Crippen LogP contribution >= 0.6 is 0 Å². The molecule has 2 aliphatic rings. The van der Waals surface area contributed by atoms with Crippen LogP contribution in [0.1, 0.15) is 56.1 Å². The molecule has 2 aromatic rings. The highest BCUT2D eigenvalue weighted by atomic mass is 16.5. The average Bonchev–Trinajstić information content (AvgIpc) is 3.39. The van der Waals surface area contributed by atoms with Crippen molar-refractivity contribution >= 4 is 18.0 Å². The smallest absolute Gasteiger partial charge is 0.407 e. The Balaban J connectivity index is 1.27. The van der Waals surface area contributed by atoms with E-state index in [-0.39, 0.29) is 30.4 Å². The third kappa shape index (κ3) is 4.93. The number of nitrogens with zero attached hydrogens (tertiary/aromatic N) is 1. The number of carbonyl (C=O) groups excluding carboxylic acids is 2. The summed E-state index contributed by atoms with van der Waals surface area (Å²) in [5.74, 6) is -1.01. The zero-order valence-electron chi connectivity index (χ0n) is 19.7. The molecule has 3 atom stereocenters. The number of carbonyl (C=O) groups is 3. The Kier molecular flexibility index (Phi) is 7.20. The van der Waals surface area contributed by atoms with Crippen LogP contribution in [0.2, 0.25) is 0 Å². The molecule has 0 heterocycles. The van der Waals surface area contributed by atoms with E-state index in [1.165, 1.54) is 27.2 Å². The Bertz CT molecular complexity index is 1020. The summed E-state index contributed by atoms with van der Waals surface area (Å²) < 4.78 is 5.64. The van der Waals surface area contributed by atoms with E-state index in [0.29, 0.717) is 19.3 Å². The van der Waals surface area contributed by atoms with Crippen molar-refractivity contribution in [1.82, 2.24) is 10.2 Å². The van der Waals surface area contributed by atoms with E-state index >= 15 is 0 Å². The van der Waals surface area contributed by atoms with E-state index in [0.717, 1.165) is 12.8 Å². The van der Waals surface area contributed by atoms with Gasteiger partial charge < -0.3 is 20.1 Å². The molecule has 4 rings (SSSR count). The Morgan fingerprint density at radius 1 is 1.06 bits per heavy atom. The van der Waals surface area contributed by atoms with Crippen LogP contribution in [0.15, 0.2) is 48.5 Å². The zero-order chi connectivity index (χ0) is 24.2. The molecule has 0 spiro atoms. The van der Waals surface area contributed by atoms with Gasteiger partial charge in [-0.15, -0.1) is 0 Å². The number of carboxylic acids is 1. The number of alkyl carbamates (subject to hydrolysis) is 1. The number of hydrogen-bond acceptors (Lipinski definition) is 4. The van der Waals surface area contributed by atoms with E-state index in [1.54, 1.807) is 14.0 Å². The van der Waals surface area contributed by atoms with Crippen LogP contribution in [0, 0.1) is 5.92 Å². The van der Waals surface area contributed by atoms with Crippen molar-refractivity contribution in [3.8, 4) is 11.1 Å². The quantitative estimate of drug-likeness (QED) is 0.604. The van der Waals surface area contributed by atoms with Crippen molar-refractivity contribution in [2.75, 3.05) is 13.7 Å². The fourth-order valence-corrected chi connectivity index (χ4v) is 5.38. The summed E-state index contributed by atoms with van der Waals surface area (Å²) in [6, 6.07) is 15.6. The molecule has 1 fully saturated rings. The number of likely N-dealkylation sites (N-methyl/N-ethyl adjacent to an activating group) is 1. The highest BCUT2D eigenvalue weighted by molar-refractivity contribution is 5.83. The lowest BCUT2D eigenvalue weighted by molar-refractivity contribution is -0.149. The van der Waals surface area contributed by atoms with Gasteiger partial charge in [-0.1, -0.05) is 55.5 Å². The second-order valence-electron chi connectivity index (χ2n) is 9.32. The fourth-order valence-electron chi connectivity index (χ4n) is 5.38. The minimum absolute atomic E-state index is 0.0170. The lowest BCUT2D eigenvalue weighted by atomic mass is 9.98. The third-order valence-corrected chi connectivity index (χ3v) is 7.20. The number of aliphatic carboxylic acids is 1. The minimum Gasteiger partial charge on any atom is -0.480 e. The number of benzene rings is 2. The predicted octanol–water partition coefficient (Wildman–Crippen LogP) is 4.41. The zero-order valence-corrected chi connectivity index (χ0v) is 19.7. The van der Waals surface area contributed by atoms with Gasteiger partial charge in [0.15, 0.2) is 0 Å². The van der Waals surface area contributed by atoms with Crippen molar-refractivity contribution < 1.29 is 24.2 Å². The van der Waals surface area contributed by atoms with Gasteiger partial charge in [0.1, 0.15) is 12.6 Å². The third-order valence-electron chi connectivity index (χ3n) is 7.20. The molecule has 2 amide bonds. The van der Waals surface area contributed by atoms with Crippen molar-refractivity contribution in [3.63, 3.8) is 0 Å². The van der Waals surface area contributed by atoms with Gasteiger partial charge in [0.05, 0.1) is 0 Å². The van der Waals surface area contributed by atoms with Gasteiger partial charge in [-0.25, -0.2) is 9.59 Å². The van der Waals surface area contributed by atoms with Crippen molar-refractivity contribution in [2.24, 2.45) is 5.92 Å². The molecule has 1 unspecified atom stereocenters. The number of ether oxygens (including phenoxy) is 1. The van der Waals surface area contributed by atoms with Crippen molar-refractivity contribution in [2.45, 2.75) is 57.0 Å². The molecule has 0 radical (unpaired) electrons. The van der Waals surface area contributed by atoms with Crippen LogP contribution in [0.5, 0.6) is 0 Å². The first-order chi connectivity index (χ1) is 16.4. The first-order valence-corrected chi connectivity index (χ1v) is 12.0. The largest absolute Gasteiger partial charge is 0.480 e. The second kappa shape index (κ2) is 10.3. The van der Waals surface area contributed by atoms with Crippen LogP contribution in [0.25, 0.3) is 11.1 Å². The number of rotatable bonds is 8. The van der Waals surface area contributed by atoms with Crippen LogP contribution < -0.4 is 5.32 Å². The Labute approximate surface area is 200 Å². The van der Waals surface area contributed by atoms with E-state index in [9.17, 15) is 19.5 Å². The SMILES string of the molecule is CCC(C(=O)O)N(C)C(=O)C[C@H]1CC[C@@H](NC(=O)OCC2c3ccccc3-c3ccccc32)C1. The minimum atomic E-state index is -0.987. The molecule has 180 valence electrons. The standard InChI is InChI=1S/C27H32N2O5/c1-3-24(26(31)32)29(2)25(30)15-17-12-13-18(14-17)28-27(33)34-16-23-21-10-6-4-8-19(21)20-9-5-7-11-22(20)23/h4-11,17-18,23-24H,3,12-16H2,1-2H3,(H,28,33)(H,31,32)/t17-,18+,24?/m0/s1. The monoisotopic (exact) mass is 464 g/mol. The van der Waals surface area contributed by atoms with Crippen LogP contribution in [-0.4, -0.2) is 53.7 Å². The molecule has 0 saturated heterocycles. The summed E-state index contributed by atoms with van der Waals surface area (Å²) in [6.07, 6.45) is 2.51. The van der Waals surface area contributed by atoms with Gasteiger partial charge in [-0.3, -0.25) is 4.79 Å². The highest BCUT2D eigenvalue weighted by Gasteiger charge is 2.32. The van der Waals surface area contributed by atoms with Crippen LogP contribution in [0.4, 0.5) is 4.79 Å². The molecule has 0 aromatic heterocycles. The topological polar surface area (TPSA) is 95.9 Å². The van der Waals surface area contributed by atoms with Crippen molar-refractivity contribution in [3.05, 3.63) is 59.7 Å². The summed E-state index contributed by atoms with van der Waals surface area (Å²) in [5.41, 5.74) is 4.72. The molecular weight excluding hydrogens is 432 g/mol. The predicted molar refractivity (Wildman–Crippen MR) is 128 cm³/mol. The average molecular weight is 465 g/mol. The summed E-state index contributed by atoms with van der Waals surface area (Å²) >= 11 is 0. The van der Waals surface area contributed by atoms with E-state index in [2.05, 4.69) is 29.6 Å². The fraction of sp³-hybridized carbons (Fsp3) is 0.444. The molecule has 2 N–H and O–H groups in total. The van der Waals surface area contributed by atoms with Gasteiger partial charge in [-0.2, -0.15) is 0 Å². The molecule has 1 saturated carbocycles. The molecule has 7 nitrogen and oxygen atoms in total. The number of hydrogen-bond donors (Lipinski definition) is 2. The first kappa shape index (κ1) is 23.8. The molecule has 0 aliphatic heterocycles. The van der Waals surface area contributed by atoms with Crippen LogP contribution in [-0.2, 0) is 14.3 Å². The summed E-state index contributed by atoms with van der Waals surface area (Å²) in [6.45, 7) is 2.03. The highest BCUT2D eigenvalue weighted by Crippen LogP contribution is 2.44. The van der Waals surface area contributed by atoms with E-state index in [4.69, 9.17) is 4.74 Å². The number of nitrogens with one attached hydrogen (secondary N) is 1. The molecular formula is C27H32N2O5. The van der Waals surface area contributed by atoms with Crippen molar-refractivity contribution in [1.29, 1.82) is 0 Å². The van der Waals surface area contributed by atoms with Gasteiger partial charge in [0.25, 0.3) is 0 Å². The Hall–Kier alpha value is -3.35. The lowest BCUT2D eigenvalue weighted by Gasteiger charge is -2.25. The Morgan fingerprint density at radius 3 is 2.26 bits per heavy atom. The number of amides is 2. The second-order valence-corrected chi connectivity index (χ2v) is 9.32. The van der Waals surface area contributed by atoms with E-state index in [1.807, 2.05) is 24.3 Å². The number of carboxylic acid groups (broad SMARTS) is 1. The van der Waals surface area contributed by atoms with Gasteiger partial charge in [0, 0.05) is 25.4 Å². The maximum absolute atomic E-state index is 12.5. The van der Waals surface area contributed by atoms with Gasteiger partial charge in [-0.05, 0) is 53.9 Å². The molecule has 0 bridgehead atoms. The van der Waals surface area contributed by atoms with Gasteiger partial charge >= 0.3 is 12.1 Å². The summed E-state index contributed by atoms with van der Waals surface area (Å²) in [5, 5.41) is 12.2. The summed E-state index contributed by atoms with van der Waals surface area (Å²) in [7, 11) is 1.55. The maximum Gasteiger partial charge on any atom is 0.407 e.